The lowest BCUT2D eigenvalue weighted by molar-refractivity contribution is -0.0830. The quantitative estimate of drug-likeness (QED) is 0.482. The standard InChI is InChI=1S/C17H16Br2OS2/c18-13-3-1-5-15(7-13)21-11-17(9-20-10-17)12-22-16-6-2-4-14(19)8-16/h1-8H,9-12H2. The predicted molar refractivity (Wildman–Crippen MR) is 103 cm³/mol. The van der Waals surface area contributed by atoms with Gasteiger partial charge >= 0.3 is 0 Å². The molecule has 0 radical (unpaired) electrons. The van der Waals surface area contributed by atoms with E-state index < -0.39 is 0 Å². The Labute approximate surface area is 156 Å². The van der Waals surface area contributed by atoms with E-state index in [4.69, 9.17) is 4.74 Å². The van der Waals surface area contributed by atoms with Crippen molar-refractivity contribution in [1.29, 1.82) is 0 Å². The summed E-state index contributed by atoms with van der Waals surface area (Å²) in [4.78, 5) is 2.63. The molecule has 0 atom stereocenters. The van der Waals surface area contributed by atoms with Crippen molar-refractivity contribution >= 4 is 55.4 Å². The van der Waals surface area contributed by atoms with Crippen LogP contribution < -0.4 is 0 Å². The molecular formula is C17H16Br2OS2. The first-order valence-corrected chi connectivity index (χ1v) is 10.6. The largest absolute Gasteiger partial charge is 0.380 e. The van der Waals surface area contributed by atoms with Gasteiger partial charge in [0.15, 0.2) is 0 Å². The molecule has 1 saturated heterocycles. The summed E-state index contributed by atoms with van der Waals surface area (Å²) >= 11 is 10.9. The van der Waals surface area contributed by atoms with Crippen LogP contribution in [0.4, 0.5) is 0 Å². The van der Waals surface area contributed by atoms with E-state index in [1.165, 1.54) is 9.79 Å². The average molecular weight is 460 g/mol. The SMILES string of the molecule is Brc1cccc(SCC2(CSc3cccc(Br)c3)COC2)c1. The molecule has 1 fully saturated rings. The maximum absolute atomic E-state index is 5.52. The van der Waals surface area contributed by atoms with Crippen LogP contribution in [0.5, 0.6) is 0 Å². The molecular weight excluding hydrogens is 444 g/mol. The van der Waals surface area contributed by atoms with Crippen LogP contribution in [0.3, 0.4) is 0 Å². The first kappa shape index (κ1) is 16.9. The van der Waals surface area contributed by atoms with E-state index in [-0.39, 0.29) is 0 Å². The van der Waals surface area contributed by atoms with Gasteiger partial charge in [-0.2, -0.15) is 0 Å². The Balaban J connectivity index is 1.58. The van der Waals surface area contributed by atoms with Crippen LogP contribution in [0, 0.1) is 5.41 Å². The second-order valence-corrected chi connectivity index (χ2v) is 9.41. The molecule has 1 aliphatic rings. The van der Waals surface area contributed by atoms with Crippen molar-refractivity contribution in [1.82, 2.24) is 0 Å². The fourth-order valence-corrected chi connectivity index (χ4v) is 5.67. The maximum atomic E-state index is 5.52. The lowest BCUT2D eigenvalue weighted by Crippen LogP contribution is -2.46. The summed E-state index contributed by atoms with van der Waals surface area (Å²) in [7, 11) is 0. The molecule has 5 heteroatoms. The Hall–Kier alpha value is 0.0600. The highest BCUT2D eigenvalue weighted by atomic mass is 79.9. The Bertz CT molecular complexity index is 593. The second kappa shape index (κ2) is 7.75. The first-order valence-electron chi connectivity index (χ1n) is 7.00. The number of ether oxygens (including phenoxy) is 1. The molecule has 0 spiro atoms. The van der Waals surface area contributed by atoms with Crippen molar-refractivity contribution in [2.75, 3.05) is 24.7 Å². The van der Waals surface area contributed by atoms with Crippen LogP contribution >= 0.6 is 55.4 Å². The van der Waals surface area contributed by atoms with Gasteiger partial charge in [0.25, 0.3) is 0 Å². The summed E-state index contributed by atoms with van der Waals surface area (Å²) in [6.45, 7) is 1.74. The summed E-state index contributed by atoms with van der Waals surface area (Å²) in [5, 5.41) is 0. The molecule has 1 aliphatic heterocycles. The minimum atomic E-state index is 0.292. The van der Waals surface area contributed by atoms with Crippen molar-refractivity contribution in [3.05, 3.63) is 57.5 Å². The van der Waals surface area contributed by atoms with Crippen LogP contribution in [0.2, 0.25) is 0 Å². The van der Waals surface area contributed by atoms with Gasteiger partial charge in [0, 0.05) is 35.7 Å². The van der Waals surface area contributed by atoms with Gasteiger partial charge in [-0.05, 0) is 36.4 Å². The monoisotopic (exact) mass is 458 g/mol. The molecule has 2 aromatic rings. The van der Waals surface area contributed by atoms with E-state index in [0.717, 1.165) is 33.7 Å². The van der Waals surface area contributed by atoms with Crippen molar-refractivity contribution < 1.29 is 4.74 Å². The van der Waals surface area contributed by atoms with Gasteiger partial charge in [0.05, 0.1) is 13.2 Å². The third-order valence-corrected chi connectivity index (χ3v) is 7.17. The lowest BCUT2D eigenvalue weighted by Gasteiger charge is -2.41. The number of thioether (sulfide) groups is 2. The third kappa shape index (κ3) is 4.54. The molecule has 0 saturated carbocycles. The summed E-state index contributed by atoms with van der Waals surface area (Å²) in [6.07, 6.45) is 0. The van der Waals surface area contributed by atoms with E-state index in [1.54, 1.807) is 0 Å². The zero-order valence-corrected chi connectivity index (χ0v) is 16.7. The van der Waals surface area contributed by atoms with Gasteiger partial charge in [0.2, 0.25) is 0 Å². The molecule has 2 aromatic carbocycles. The number of benzene rings is 2. The molecule has 0 aromatic heterocycles. The molecule has 0 amide bonds. The fourth-order valence-electron chi connectivity index (χ4n) is 2.19. The fraction of sp³-hybridized carbons (Fsp3) is 0.294. The molecule has 0 N–H and O–H groups in total. The van der Waals surface area contributed by atoms with Gasteiger partial charge in [-0.25, -0.2) is 0 Å². The molecule has 0 aliphatic carbocycles. The minimum Gasteiger partial charge on any atom is -0.380 e. The zero-order valence-electron chi connectivity index (χ0n) is 11.9. The maximum Gasteiger partial charge on any atom is 0.0561 e. The van der Waals surface area contributed by atoms with Crippen molar-refractivity contribution in [2.24, 2.45) is 5.41 Å². The van der Waals surface area contributed by atoms with Crippen LogP contribution in [0.15, 0.2) is 67.3 Å². The van der Waals surface area contributed by atoms with E-state index in [9.17, 15) is 0 Å². The van der Waals surface area contributed by atoms with Crippen molar-refractivity contribution in [3.8, 4) is 0 Å². The molecule has 0 bridgehead atoms. The van der Waals surface area contributed by atoms with Crippen LogP contribution in [0.1, 0.15) is 0 Å². The zero-order chi connectivity index (χ0) is 15.4. The van der Waals surface area contributed by atoms with Crippen LogP contribution in [-0.2, 0) is 4.74 Å². The number of rotatable bonds is 6. The molecule has 3 rings (SSSR count). The van der Waals surface area contributed by atoms with Gasteiger partial charge in [0.1, 0.15) is 0 Å². The van der Waals surface area contributed by atoms with Gasteiger partial charge in [-0.15, -0.1) is 23.5 Å². The molecule has 22 heavy (non-hydrogen) atoms. The average Bonchev–Trinajstić information content (AvgIpc) is 2.46. The van der Waals surface area contributed by atoms with E-state index in [1.807, 2.05) is 23.5 Å². The minimum absolute atomic E-state index is 0.292. The Morgan fingerprint density at radius 3 is 1.73 bits per heavy atom. The predicted octanol–water partition coefficient (Wildman–Crippen LogP) is 6.11. The van der Waals surface area contributed by atoms with Crippen LogP contribution in [0.25, 0.3) is 0 Å². The summed E-state index contributed by atoms with van der Waals surface area (Å²) < 4.78 is 7.79. The lowest BCUT2D eigenvalue weighted by atomic mass is 9.91. The summed E-state index contributed by atoms with van der Waals surface area (Å²) in [5.41, 5.74) is 0.292. The van der Waals surface area contributed by atoms with Gasteiger partial charge in [-0.1, -0.05) is 44.0 Å². The normalized spacial score (nSPS) is 16.3. The smallest absolute Gasteiger partial charge is 0.0561 e. The number of hydrogen-bond donors (Lipinski definition) is 0. The summed E-state index contributed by atoms with van der Waals surface area (Å²) in [5.74, 6) is 2.20. The molecule has 1 nitrogen and oxygen atoms in total. The highest BCUT2D eigenvalue weighted by Gasteiger charge is 2.38. The molecule has 116 valence electrons. The van der Waals surface area contributed by atoms with Crippen LogP contribution in [-0.4, -0.2) is 24.7 Å². The molecule has 0 unspecified atom stereocenters. The van der Waals surface area contributed by atoms with E-state index >= 15 is 0 Å². The summed E-state index contributed by atoms with van der Waals surface area (Å²) in [6, 6.07) is 17.0. The highest BCUT2D eigenvalue weighted by Crippen LogP contribution is 2.39. The first-order chi connectivity index (χ1) is 10.7. The Morgan fingerprint density at radius 1 is 0.864 bits per heavy atom. The van der Waals surface area contributed by atoms with Crippen molar-refractivity contribution in [3.63, 3.8) is 0 Å². The van der Waals surface area contributed by atoms with E-state index in [2.05, 4.69) is 80.4 Å². The Kier molecular flexibility index (Phi) is 5.96. The highest BCUT2D eigenvalue weighted by molar-refractivity contribution is 9.10. The van der Waals surface area contributed by atoms with E-state index in [0.29, 0.717) is 5.41 Å². The molecule has 1 heterocycles. The topological polar surface area (TPSA) is 9.23 Å². The van der Waals surface area contributed by atoms with Gasteiger partial charge in [-0.3, -0.25) is 0 Å². The second-order valence-electron chi connectivity index (χ2n) is 5.48. The van der Waals surface area contributed by atoms with Crippen molar-refractivity contribution in [2.45, 2.75) is 9.79 Å². The van der Waals surface area contributed by atoms with Gasteiger partial charge < -0.3 is 4.74 Å². The third-order valence-electron chi connectivity index (χ3n) is 3.50. The number of halogens is 2. The number of hydrogen-bond acceptors (Lipinski definition) is 3. The Morgan fingerprint density at radius 2 is 1.36 bits per heavy atom.